The van der Waals surface area contributed by atoms with Crippen LogP contribution in [-0.4, -0.2) is 19.4 Å². The van der Waals surface area contributed by atoms with Gasteiger partial charge in [-0.25, -0.2) is 0 Å². The third kappa shape index (κ3) is 2.67. The van der Waals surface area contributed by atoms with Gasteiger partial charge in [-0.2, -0.15) is 0 Å². The van der Waals surface area contributed by atoms with Crippen molar-refractivity contribution in [2.45, 2.75) is 30.9 Å². The maximum absolute atomic E-state index is 6.21. The molecular formula is C25H25NO. The van der Waals surface area contributed by atoms with Crippen LogP contribution in [0.2, 0.25) is 0 Å². The highest BCUT2D eigenvalue weighted by Gasteiger charge is 2.47. The van der Waals surface area contributed by atoms with E-state index in [2.05, 4.69) is 89.8 Å². The van der Waals surface area contributed by atoms with Gasteiger partial charge in [0.2, 0.25) is 0 Å². The second-order valence-electron chi connectivity index (χ2n) is 7.60. The molecule has 0 radical (unpaired) electrons. The van der Waals surface area contributed by atoms with E-state index < -0.39 is 0 Å². The van der Waals surface area contributed by atoms with Crippen molar-refractivity contribution in [3.8, 4) is 0 Å². The molecule has 0 spiro atoms. The molecule has 0 N–H and O–H groups in total. The van der Waals surface area contributed by atoms with Crippen molar-refractivity contribution >= 4 is 5.69 Å². The molecule has 0 aromatic heterocycles. The van der Waals surface area contributed by atoms with Gasteiger partial charge in [0.25, 0.3) is 0 Å². The van der Waals surface area contributed by atoms with E-state index in [9.17, 15) is 0 Å². The lowest BCUT2D eigenvalue weighted by molar-refractivity contribution is 0.0145. The summed E-state index contributed by atoms with van der Waals surface area (Å²) >= 11 is 0. The van der Waals surface area contributed by atoms with E-state index >= 15 is 0 Å². The van der Waals surface area contributed by atoms with Crippen molar-refractivity contribution < 1.29 is 4.74 Å². The van der Waals surface area contributed by atoms with E-state index in [-0.39, 0.29) is 11.6 Å². The summed E-state index contributed by atoms with van der Waals surface area (Å²) in [7, 11) is 0. The minimum Gasteiger partial charge on any atom is -0.358 e. The molecule has 2 aliphatic rings. The monoisotopic (exact) mass is 355 g/mol. The van der Waals surface area contributed by atoms with Gasteiger partial charge in [-0.1, -0.05) is 78.9 Å². The van der Waals surface area contributed by atoms with Crippen LogP contribution in [0.5, 0.6) is 0 Å². The summed E-state index contributed by atoms with van der Waals surface area (Å²) in [4.78, 5) is 2.51. The number of benzene rings is 3. The quantitative estimate of drug-likeness (QED) is 0.626. The van der Waals surface area contributed by atoms with Crippen molar-refractivity contribution in [1.29, 1.82) is 0 Å². The van der Waals surface area contributed by atoms with Gasteiger partial charge in [0, 0.05) is 18.8 Å². The van der Waals surface area contributed by atoms with Crippen LogP contribution in [0, 0.1) is 0 Å². The SMILES string of the molecule is c1ccc(C2(c3ccccc3)CN(C3CCCCO3)c3ccccc32)cc1. The summed E-state index contributed by atoms with van der Waals surface area (Å²) < 4.78 is 6.21. The van der Waals surface area contributed by atoms with Crippen LogP contribution in [0.1, 0.15) is 36.0 Å². The standard InChI is InChI=1S/C25H25NO/c1-3-11-20(12-4-1)25(21-13-5-2-6-14-21)19-26(24-17-9-10-18-27-24)23-16-8-7-15-22(23)25/h1-8,11-16,24H,9-10,17-19H2. The topological polar surface area (TPSA) is 12.5 Å². The third-order valence-electron chi connectivity index (χ3n) is 6.12. The minimum atomic E-state index is -0.167. The first-order valence-electron chi connectivity index (χ1n) is 9.98. The zero-order valence-corrected chi connectivity index (χ0v) is 15.6. The fraction of sp³-hybridized carbons (Fsp3) is 0.280. The molecule has 1 unspecified atom stereocenters. The number of ether oxygens (including phenoxy) is 1. The first-order valence-corrected chi connectivity index (χ1v) is 9.98. The highest BCUT2D eigenvalue weighted by Crippen LogP contribution is 2.50. The Balaban J connectivity index is 1.72. The molecule has 1 saturated heterocycles. The molecule has 5 rings (SSSR count). The van der Waals surface area contributed by atoms with Crippen molar-refractivity contribution in [3.05, 3.63) is 102 Å². The van der Waals surface area contributed by atoms with Gasteiger partial charge >= 0.3 is 0 Å². The number of fused-ring (bicyclic) bond motifs is 1. The summed E-state index contributed by atoms with van der Waals surface area (Å²) in [5.74, 6) is 0. The Kier molecular flexibility index (Phi) is 4.21. The molecule has 0 bridgehead atoms. The van der Waals surface area contributed by atoms with Crippen molar-refractivity contribution in [3.63, 3.8) is 0 Å². The number of hydrogen-bond acceptors (Lipinski definition) is 2. The van der Waals surface area contributed by atoms with Gasteiger partial charge in [0.05, 0.1) is 5.41 Å². The van der Waals surface area contributed by atoms with Crippen molar-refractivity contribution in [2.75, 3.05) is 18.1 Å². The summed E-state index contributed by atoms with van der Waals surface area (Å²) in [5.41, 5.74) is 5.23. The maximum Gasteiger partial charge on any atom is 0.130 e. The van der Waals surface area contributed by atoms with Crippen molar-refractivity contribution in [1.82, 2.24) is 0 Å². The van der Waals surface area contributed by atoms with Crippen LogP contribution in [0.3, 0.4) is 0 Å². The Morgan fingerprint density at radius 2 is 1.37 bits per heavy atom. The Labute approximate surface area is 161 Å². The fourth-order valence-corrected chi connectivity index (χ4v) is 4.84. The largest absolute Gasteiger partial charge is 0.358 e. The number of hydrogen-bond donors (Lipinski definition) is 0. The summed E-state index contributed by atoms with van der Waals surface area (Å²) in [6.07, 6.45) is 3.70. The average molecular weight is 355 g/mol. The van der Waals surface area contributed by atoms with Crippen LogP contribution in [0.25, 0.3) is 0 Å². The number of para-hydroxylation sites is 1. The lowest BCUT2D eigenvalue weighted by atomic mass is 9.71. The summed E-state index contributed by atoms with van der Waals surface area (Å²) in [6, 6.07) is 30.8. The molecule has 1 atom stereocenters. The molecule has 0 saturated carbocycles. The molecule has 0 amide bonds. The van der Waals surface area contributed by atoms with Crippen LogP contribution >= 0.6 is 0 Å². The van der Waals surface area contributed by atoms with Crippen LogP contribution < -0.4 is 4.90 Å². The van der Waals surface area contributed by atoms with Crippen LogP contribution in [0.15, 0.2) is 84.9 Å². The molecule has 2 heterocycles. The fourth-order valence-electron chi connectivity index (χ4n) is 4.84. The Morgan fingerprint density at radius 3 is 2.00 bits per heavy atom. The average Bonchev–Trinajstić information content (AvgIpc) is 3.12. The zero-order valence-electron chi connectivity index (χ0n) is 15.6. The molecule has 2 aliphatic heterocycles. The Bertz CT molecular complexity index is 860. The highest BCUT2D eigenvalue weighted by atomic mass is 16.5. The van der Waals surface area contributed by atoms with Gasteiger partial charge in [0.1, 0.15) is 6.23 Å². The third-order valence-corrected chi connectivity index (χ3v) is 6.12. The first-order chi connectivity index (χ1) is 13.4. The molecule has 136 valence electrons. The van der Waals surface area contributed by atoms with Gasteiger partial charge < -0.3 is 9.64 Å². The molecule has 3 aromatic carbocycles. The lowest BCUT2D eigenvalue weighted by Gasteiger charge is -2.36. The van der Waals surface area contributed by atoms with Gasteiger partial charge in [-0.3, -0.25) is 0 Å². The molecule has 0 aliphatic carbocycles. The second-order valence-corrected chi connectivity index (χ2v) is 7.60. The molecular weight excluding hydrogens is 330 g/mol. The summed E-state index contributed by atoms with van der Waals surface area (Å²) in [6.45, 7) is 1.79. The first kappa shape index (κ1) is 16.6. The van der Waals surface area contributed by atoms with E-state index in [0.717, 1.165) is 19.6 Å². The normalized spacial score (nSPS) is 21.0. The summed E-state index contributed by atoms with van der Waals surface area (Å²) in [5, 5.41) is 0. The van der Waals surface area contributed by atoms with E-state index in [1.807, 2.05) is 0 Å². The van der Waals surface area contributed by atoms with E-state index in [1.54, 1.807) is 0 Å². The highest BCUT2D eigenvalue weighted by molar-refractivity contribution is 5.70. The van der Waals surface area contributed by atoms with Gasteiger partial charge in [0.15, 0.2) is 0 Å². The molecule has 1 fully saturated rings. The van der Waals surface area contributed by atoms with Crippen molar-refractivity contribution in [2.24, 2.45) is 0 Å². The van der Waals surface area contributed by atoms with Crippen LogP contribution in [-0.2, 0) is 10.2 Å². The number of nitrogens with zero attached hydrogens (tertiary/aromatic N) is 1. The Hall–Kier alpha value is -2.58. The maximum atomic E-state index is 6.21. The molecule has 3 aromatic rings. The smallest absolute Gasteiger partial charge is 0.130 e. The van der Waals surface area contributed by atoms with E-state index in [1.165, 1.54) is 35.2 Å². The second kappa shape index (κ2) is 6.86. The van der Waals surface area contributed by atoms with E-state index in [4.69, 9.17) is 4.74 Å². The Morgan fingerprint density at radius 1 is 0.741 bits per heavy atom. The number of anilines is 1. The van der Waals surface area contributed by atoms with Gasteiger partial charge in [-0.15, -0.1) is 0 Å². The van der Waals surface area contributed by atoms with Gasteiger partial charge in [-0.05, 0) is 42.0 Å². The predicted octanol–water partition coefficient (Wildman–Crippen LogP) is 5.37. The predicted molar refractivity (Wildman–Crippen MR) is 110 cm³/mol. The number of rotatable bonds is 3. The van der Waals surface area contributed by atoms with E-state index in [0.29, 0.717) is 0 Å². The molecule has 2 nitrogen and oxygen atoms in total. The zero-order chi connectivity index (χ0) is 18.1. The minimum absolute atomic E-state index is 0.167. The van der Waals surface area contributed by atoms with Crippen LogP contribution in [0.4, 0.5) is 5.69 Å². The molecule has 27 heavy (non-hydrogen) atoms. The molecule has 2 heteroatoms. The lowest BCUT2D eigenvalue weighted by Crippen LogP contribution is -2.43.